The van der Waals surface area contributed by atoms with Crippen molar-refractivity contribution in [2.75, 3.05) is 12.0 Å². The first kappa shape index (κ1) is 11.3. The van der Waals surface area contributed by atoms with E-state index >= 15 is 0 Å². The zero-order valence-electron chi connectivity index (χ0n) is 8.69. The van der Waals surface area contributed by atoms with Gasteiger partial charge in [0.1, 0.15) is 5.78 Å². The van der Waals surface area contributed by atoms with E-state index in [1.165, 1.54) is 0 Å². The zero-order valence-corrected chi connectivity index (χ0v) is 9.51. The van der Waals surface area contributed by atoms with Gasteiger partial charge in [-0.05, 0) is 24.5 Å². The summed E-state index contributed by atoms with van der Waals surface area (Å²) in [4.78, 5) is 11.4. The van der Waals surface area contributed by atoms with Gasteiger partial charge in [0.25, 0.3) is 0 Å². The van der Waals surface area contributed by atoms with Gasteiger partial charge in [0.2, 0.25) is 0 Å². The van der Waals surface area contributed by atoms with Crippen molar-refractivity contribution in [1.82, 2.24) is 9.78 Å². The Labute approximate surface area is 88.9 Å². The third-order valence-electron chi connectivity index (χ3n) is 2.17. The number of rotatable bonds is 6. The number of Topliss-reactive ketones (excluding diaryl/α,β-unsaturated/α-hetero) is 1. The van der Waals surface area contributed by atoms with E-state index in [1.807, 2.05) is 24.1 Å². The van der Waals surface area contributed by atoms with Gasteiger partial charge in [-0.2, -0.15) is 16.9 Å². The van der Waals surface area contributed by atoms with Gasteiger partial charge in [0, 0.05) is 31.8 Å². The maximum absolute atomic E-state index is 11.4. The van der Waals surface area contributed by atoms with Gasteiger partial charge >= 0.3 is 0 Å². The average Bonchev–Trinajstić information content (AvgIpc) is 2.58. The van der Waals surface area contributed by atoms with Gasteiger partial charge in [0.05, 0.1) is 0 Å². The Balaban J connectivity index is 2.27. The van der Waals surface area contributed by atoms with Crippen LogP contribution < -0.4 is 0 Å². The molecule has 0 radical (unpaired) electrons. The summed E-state index contributed by atoms with van der Waals surface area (Å²) >= 11 is 1.72. The summed E-state index contributed by atoms with van der Waals surface area (Å²) in [6.45, 7) is 0. The molecule has 0 fully saturated rings. The van der Waals surface area contributed by atoms with E-state index in [4.69, 9.17) is 0 Å². The molecular formula is C10H16N2OS. The summed E-state index contributed by atoms with van der Waals surface area (Å²) in [6.07, 6.45) is 5.93. The molecule has 1 rings (SSSR count). The highest BCUT2D eigenvalue weighted by Gasteiger charge is 2.04. The summed E-state index contributed by atoms with van der Waals surface area (Å²) < 4.78 is 1.82. The second kappa shape index (κ2) is 5.86. The molecule has 0 aliphatic carbocycles. The van der Waals surface area contributed by atoms with Gasteiger partial charge in [-0.25, -0.2) is 0 Å². The summed E-state index contributed by atoms with van der Waals surface area (Å²) in [6, 6.07) is 1.96. The van der Waals surface area contributed by atoms with Gasteiger partial charge in [-0.1, -0.05) is 0 Å². The van der Waals surface area contributed by atoms with Crippen LogP contribution in [0.1, 0.15) is 18.5 Å². The number of carbonyl (C=O) groups excluding carboxylic acids is 1. The number of thioether (sulfide) groups is 1. The monoisotopic (exact) mass is 212 g/mol. The molecule has 14 heavy (non-hydrogen) atoms. The number of ketones is 1. The largest absolute Gasteiger partial charge is 0.300 e. The van der Waals surface area contributed by atoms with Crippen LogP contribution in [0.4, 0.5) is 0 Å². The minimum absolute atomic E-state index is 0.348. The van der Waals surface area contributed by atoms with Crippen LogP contribution in [0.2, 0.25) is 0 Å². The van der Waals surface area contributed by atoms with E-state index in [0.29, 0.717) is 18.6 Å². The van der Waals surface area contributed by atoms with Crippen LogP contribution in [0.15, 0.2) is 12.3 Å². The number of hydrogen-bond acceptors (Lipinski definition) is 3. The maximum Gasteiger partial charge on any atom is 0.134 e. The van der Waals surface area contributed by atoms with Crippen molar-refractivity contribution in [3.05, 3.63) is 18.0 Å². The highest BCUT2D eigenvalue weighted by atomic mass is 32.2. The summed E-state index contributed by atoms with van der Waals surface area (Å²) in [7, 11) is 1.90. The third kappa shape index (κ3) is 3.54. The molecule has 0 bridgehead atoms. The highest BCUT2D eigenvalue weighted by molar-refractivity contribution is 7.98. The fraction of sp³-hybridized carbons (Fsp3) is 0.600. The molecule has 0 atom stereocenters. The fourth-order valence-electron chi connectivity index (χ4n) is 1.25. The molecule has 1 aromatic heterocycles. The lowest BCUT2D eigenvalue weighted by Gasteiger charge is -2.01. The molecule has 0 spiro atoms. The van der Waals surface area contributed by atoms with E-state index in [-0.39, 0.29) is 0 Å². The quantitative estimate of drug-likeness (QED) is 0.719. The van der Waals surface area contributed by atoms with Crippen molar-refractivity contribution in [2.24, 2.45) is 7.05 Å². The normalized spacial score (nSPS) is 10.4. The minimum atomic E-state index is 0.348. The molecule has 0 amide bonds. The Morgan fingerprint density at radius 1 is 1.57 bits per heavy atom. The molecule has 0 saturated carbocycles. The molecule has 3 nitrogen and oxygen atoms in total. The van der Waals surface area contributed by atoms with Crippen molar-refractivity contribution in [3.63, 3.8) is 0 Å². The van der Waals surface area contributed by atoms with E-state index in [0.717, 1.165) is 17.9 Å². The predicted molar refractivity (Wildman–Crippen MR) is 59.5 cm³/mol. The lowest BCUT2D eigenvalue weighted by Crippen LogP contribution is -2.04. The molecule has 0 aliphatic rings. The smallest absolute Gasteiger partial charge is 0.134 e. The zero-order chi connectivity index (χ0) is 10.4. The molecule has 0 N–H and O–H groups in total. The Morgan fingerprint density at radius 3 is 2.93 bits per heavy atom. The van der Waals surface area contributed by atoms with Crippen LogP contribution >= 0.6 is 11.8 Å². The highest BCUT2D eigenvalue weighted by Crippen LogP contribution is 2.04. The Morgan fingerprint density at radius 2 is 2.36 bits per heavy atom. The predicted octanol–water partition coefficient (Wildman–Crippen LogP) is 1.67. The van der Waals surface area contributed by atoms with Crippen LogP contribution in [0.3, 0.4) is 0 Å². The second-order valence-electron chi connectivity index (χ2n) is 3.23. The van der Waals surface area contributed by atoms with Gasteiger partial charge in [-0.3, -0.25) is 9.48 Å². The Kier molecular flexibility index (Phi) is 4.73. The molecular weight excluding hydrogens is 196 g/mol. The second-order valence-corrected chi connectivity index (χ2v) is 4.21. The van der Waals surface area contributed by atoms with Crippen molar-refractivity contribution in [3.8, 4) is 0 Å². The summed E-state index contributed by atoms with van der Waals surface area (Å²) in [5.74, 6) is 1.28. The van der Waals surface area contributed by atoms with Crippen LogP contribution in [0.25, 0.3) is 0 Å². The average molecular weight is 212 g/mol. The van der Waals surface area contributed by atoms with E-state index in [1.54, 1.807) is 18.0 Å². The molecule has 78 valence electrons. The van der Waals surface area contributed by atoms with E-state index in [2.05, 4.69) is 5.10 Å². The SMILES string of the molecule is CSCCC(=O)CCc1ccnn1C. The summed E-state index contributed by atoms with van der Waals surface area (Å²) in [5.41, 5.74) is 1.13. The number of nitrogens with zero attached hydrogens (tertiary/aromatic N) is 2. The third-order valence-corrected chi connectivity index (χ3v) is 2.78. The van der Waals surface area contributed by atoms with Crippen molar-refractivity contribution in [2.45, 2.75) is 19.3 Å². The van der Waals surface area contributed by atoms with Crippen molar-refractivity contribution >= 4 is 17.5 Å². The number of carbonyl (C=O) groups is 1. The topological polar surface area (TPSA) is 34.9 Å². The lowest BCUT2D eigenvalue weighted by molar-refractivity contribution is -0.118. The lowest BCUT2D eigenvalue weighted by atomic mass is 10.1. The van der Waals surface area contributed by atoms with Crippen molar-refractivity contribution in [1.29, 1.82) is 0 Å². The van der Waals surface area contributed by atoms with Crippen LogP contribution in [-0.4, -0.2) is 27.6 Å². The van der Waals surface area contributed by atoms with Crippen LogP contribution in [-0.2, 0) is 18.3 Å². The first-order valence-corrected chi connectivity index (χ1v) is 6.11. The Hall–Kier alpha value is -0.770. The summed E-state index contributed by atoms with van der Waals surface area (Å²) in [5, 5.41) is 4.06. The first-order chi connectivity index (χ1) is 6.74. The molecule has 1 heterocycles. The maximum atomic E-state index is 11.4. The van der Waals surface area contributed by atoms with Crippen molar-refractivity contribution < 1.29 is 4.79 Å². The van der Waals surface area contributed by atoms with Gasteiger partial charge in [0.15, 0.2) is 0 Å². The molecule has 0 unspecified atom stereocenters. The van der Waals surface area contributed by atoms with Gasteiger partial charge in [-0.15, -0.1) is 0 Å². The van der Waals surface area contributed by atoms with Gasteiger partial charge < -0.3 is 0 Å². The molecule has 0 saturated heterocycles. The molecule has 0 aliphatic heterocycles. The molecule has 1 aromatic rings. The van der Waals surface area contributed by atoms with Crippen LogP contribution in [0.5, 0.6) is 0 Å². The Bertz CT molecular complexity index is 296. The van der Waals surface area contributed by atoms with E-state index < -0.39 is 0 Å². The first-order valence-electron chi connectivity index (χ1n) is 4.71. The van der Waals surface area contributed by atoms with E-state index in [9.17, 15) is 4.79 Å². The standard InChI is InChI=1S/C10H16N2OS/c1-12-9(5-7-11-12)3-4-10(13)6-8-14-2/h5,7H,3-4,6,8H2,1-2H3. The van der Waals surface area contributed by atoms with Crippen LogP contribution in [0, 0.1) is 0 Å². The number of aryl methyl sites for hydroxylation is 2. The molecule has 4 heteroatoms. The molecule has 0 aromatic carbocycles. The number of aromatic nitrogens is 2. The minimum Gasteiger partial charge on any atom is -0.300 e. The fourth-order valence-corrected chi connectivity index (χ4v) is 1.69. The number of hydrogen-bond donors (Lipinski definition) is 0.